The highest BCUT2D eigenvalue weighted by molar-refractivity contribution is 7.91. The molecule has 4 heteroatoms. The van der Waals surface area contributed by atoms with Crippen LogP contribution in [0.3, 0.4) is 0 Å². The standard InChI is InChI=1S/C12H8ClNOS/c13-9-3-4-11-8(6-9)7-10-12(16(11)15)2-1-5-14-10/h1-6H,7H2. The van der Waals surface area contributed by atoms with E-state index in [0.717, 1.165) is 21.0 Å². The quantitative estimate of drug-likeness (QED) is 0.673. The maximum absolute atomic E-state index is 12.2. The number of hydrogen-bond donors (Lipinski definition) is 0. The van der Waals surface area contributed by atoms with Crippen molar-refractivity contribution >= 4 is 22.8 Å². The maximum Gasteiger partial charge on any atom is 0.180 e. The molecule has 0 N–H and O–H groups in total. The molecule has 0 fully saturated rings. The first-order valence-electron chi connectivity index (χ1n) is 4.90. The van der Waals surface area contributed by atoms with E-state index in [1.165, 1.54) is 0 Å². The van der Waals surface area contributed by atoms with Gasteiger partial charge in [0.05, 0.1) is 0 Å². The summed E-state index contributed by atoms with van der Waals surface area (Å²) in [4.78, 5) is 5.93. The summed E-state index contributed by atoms with van der Waals surface area (Å²) in [5.74, 6) is 0. The fourth-order valence-corrected chi connectivity index (χ4v) is 3.42. The van der Waals surface area contributed by atoms with Gasteiger partial charge in [0.15, 0.2) is 9.79 Å². The Morgan fingerprint density at radius 3 is 3.00 bits per heavy atom. The number of nitrogens with zero attached hydrogens (tertiary/aromatic N) is 1. The van der Waals surface area contributed by atoms with Gasteiger partial charge in [-0.3, -0.25) is 4.98 Å². The molecular weight excluding hydrogens is 242 g/mol. The molecule has 0 amide bonds. The molecule has 0 aliphatic carbocycles. The number of fused-ring (bicyclic) bond motifs is 2. The topological polar surface area (TPSA) is 36.0 Å². The van der Waals surface area contributed by atoms with Crippen molar-refractivity contribution < 1.29 is 4.55 Å². The summed E-state index contributed by atoms with van der Waals surface area (Å²) in [5.41, 5.74) is 1.90. The van der Waals surface area contributed by atoms with Gasteiger partial charge < -0.3 is 4.55 Å². The minimum atomic E-state index is -1.12. The minimum Gasteiger partial charge on any atom is -0.606 e. The van der Waals surface area contributed by atoms with Crippen molar-refractivity contribution in [1.82, 2.24) is 4.98 Å². The second-order valence-corrected chi connectivity index (χ2v) is 5.50. The molecule has 1 aromatic carbocycles. The molecule has 1 atom stereocenters. The molecule has 0 saturated carbocycles. The van der Waals surface area contributed by atoms with Gasteiger partial charge in [-0.2, -0.15) is 0 Å². The third kappa shape index (κ3) is 1.52. The maximum atomic E-state index is 12.2. The van der Waals surface area contributed by atoms with Crippen LogP contribution in [0.15, 0.2) is 46.3 Å². The van der Waals surface area contributed by atoms with Crippen molar-refractivity contribution in [3.63, 3.8) is 0 Å². The molecule has 0 radical (unpaired) electrons. The first kappa shape index (κ1) is 10.1. The molecule has 2 heterocycles. The fraction of sp³-hybridized carbons (Fsp3) is 0.0833. The number of halogens is 1. The Labute approximate surface area is 101 Å². The summed E-state index contributed by atoms with van der Waals surface area (Å²) in [5, 5.41) is 0.676. The molecule has 80 valence electrons. The summed E-state index contributed by atoms with van der Waals surface area (Å²) in [6.07, 6.45) is 2.43. The van der Waals surface area contributed by atoms with Crippen molar-refractivity contribution in [1.29, 1.82) is 0 Å². The van der Waals surface area contributed by atoms with Gasteiger partial charge in [0, 0.05) is 34.4 Å². The van der Waals surface area contributed by atoms with Crippen LogP contribution in [0.2, 0.25) is 5.02 Å². The highest BCUT2D eigenvalue weighted by atomic mass is 35.5. The minimum absolute atomic E-state index is 0.676. The number of pyridine rings is 1. The molecule has 2 aromatic rings. The molecule has 1 aliphatic rings. The first-order chi connectivity index (χ1) is 7.75. The van der Waals surface area contributed by atoms with Crippen LogP contribution in [0.4, 0.5) is 0 Å². The highest BCUT2D eigenvalue weighted by Gasteiger charge is 2.28. The Kier molecular flexibility index (Phi) is 2.39. The van der Waals surface area contributed by atoms with Gasteiger partial charge in [0.1, 0.15) is 5.69 Å². The van der Waals surface area contributed by atoms with Gasteiger partial charge in [-0.15, -0.1) is 0 Å². The Morgan fingerprint density at radius 1 is 1.25 bits per heavy atom. The van der Waals surface area contributed by atoms with E-state index in [4.69, 9.17) is 11.6 Å². The largest absolute Gasteiger partial charge is 0.606 e. The molecule has 0 saturated heterocycles. The van der Waals surface area contributed by atoms with Gasteiger partial charge in [0.25, 0.3) is 0 Å². The predicted octanol–water partition coefficient (Wildman–Crippen LogP) is 2.81. The lowest BCUT2D eigenvalue weighted by Gasteiger charge is -2.20. The van der Waals surface area contributed by atoms with Crippen molar-refractivity contribution in [2.45, 2.75) is 16.2 Å². The Morgan fingerprint density at radius 2 is 2.12 bits per heavy atom. The van der Waals surface area contributed by atoms with Gasteiger partial charge in [-0.05, 0) is 30.3 Å². The fourth-order valence-electron chi connectivity index (χ4n) is 1.89. The van der Waals surface area contributed by atoms with Crippen LogP contribution in [0, 0.1) is 0 Å². The van der Waals surface area contributed by atoms with Crippen molar-refractivity contribution in [2.75, 3.05) is 0 Å². The summed E-state index contributed by atoms with van der Waals surface area (Å²) < 4.78 is 12.2. The number of benzene rings is 1. The van der Waals surface area contributed by atoms with Crippen molar-refractivity contribution in [3.05, 3.63) is 52.8 Å². The number of hydrogen-bond acceptors (Lipinski definition) is 2. The number of aromatic nitrogens is 1. The van der Waals surface area contributed by atoms with Crippen molar-refractivity contribution in [3.8, 4) is 0 Å². The zero-order valence-corrected chi connectivity index (χ0v) is 9.89. The van der Waals surface area contributed by atoms with E-state index in [1.807, 2.05) is 24.3 Å². The number of rotatable bonds is 0. The van der Waals surface area contributed by atoms with Gasteiger partial charge in [0.2, 0.25) is 0 Å². The van der Waals surface area contributed by atoms with Gasteiger partial charge in [-0.25, -0.2) is 0 Å². The molecule has 1 aromatic heterocycles. The lowest BCUT2D eigenvalue weighted by Crippen LogP contribution is -2.15. The van der Waals surface area contributed by atoms with Crippen LogP contribution in [-0.2, 0) is 17.6 Å². The van der Waals surface area contributed by atoms with Crippen LogP contribution in [0.25, 0.3) is 0 Å². The molecule has 1 unspecified atom stereocenters. The molecule has 0 spiro atoms. The zero-order chi connectivity index (χ0) is 11.1. The van der Waals surface area contributed by atoms with Gasteiger partial charge >= 0.3 is 0 Å². The second-order valence-electron chi connectivity index (χ2n) is 3.65. The van der Waals surface area contributed by atoms with Crippen LogP contribution in [0.1, 0.15) is 11.3 Å². The molecule has 3 rings (SSSR count). The second kappa shape index (κ2) is 3.77. The summed E-state index contributed by atoms with van der Waals surface area (Å²) in [6, 6.07) is 9.17. The van der Waals surface area contributed by atoms with E-state index in [-0.39, 0.29) is 0 Å². The van der Waals surface area contributed by atoms with Crippen molar-refractivity contribution in [2.24, 2.45) is 0 Å². The Bertz CT molecular complexity index is 558. The predicted molar refractivity (Wildman–Crippen MR) is 63.2 cm³/mol. The smallest absolute Gasteiger partial charge is 0.180 e. The lowest BCUT2D eigenvalue weighted by molar-refractivity contribution is 0.589. The third-order valence-corrected chi connectivity index (χ3v) is 4.43. The van der Waals surface area contributed by atoms with Crippen LogP contribution >= 0.6 is 11.6 Å². The third-order valence-electron chi connectivity index (χ3n) is 2.63. The van der Waals surface area contributed by atoms with Crippen LogP contribution in [0.5, 0.6) is 0 Å². The zero-order valence-electron chi connectivity index (χ0n) is 8.31. The Hall–Kier alpha value is -1.03. The van der Waals surface area contributed by atoms with E-state index in [0.29, 0.717) is 11.4 Å². The molecule has 16 heavy (non-hydrogen) atoms. The van der Waals surface area contributed by atoms with E-state index >= 15 is 0 Å². The van der Waals surface area contributed by atoms with E-state index in [9.17, 15) is 4.55 Å². The first-order valence-corrected chi connectivity index (χ1v) is 6.42. The SMILES string of the molecule is [O-][S+]1c2ccc(Cl)cc2Cc2ncccc21. The normalized spacial score (nSPS) is 17.8. The Balaban J connectivity index is 2.18. The average molecular weight is 250 g/mol. The summed E-state index contributed by atoms with van der Waals surface area (Å²) in [7, 11) is 0. The van der Waals surface area contributed by atoms with E-state index < -0.39 is 11.2 Å². The monoisotopic (exact) mass is 249 g/mol. The summed E-state index contributed by atoms with van der Waals surface area (Å²) in [6.45, 7) is 0. The molecule has 2 nitrogen and oxygen atoms in total. The average Bonchev–Trinajstić information content (AvgIpc) is 2.29. The van der Waals surface area contributed by atoms with Crippen LogP contribution in [-0.4, -0.2) is 9.54 Å². The highest BCUT2D eigenvalue weighted by Crippen LogP contribution is 2.34. The van der Waals surface area contributed by atoms with E-state index in [2.05, 4.69) is 4.98 Å². The van der Waals surface area contributed by atoms with Crippen LogP contribution < -0.4 is 0 Å². The molecular formula is C12H8ClNOS. The molecule has 1 aliphatic heterocycles. The molecule has 0 bridgehead atoms. The van der Waals surface area contributed by atoms with E-state index in [1.54, 1.807) is 12.3 Å². The summed E-state index contributed by atoms with van der Waals surface area (Å²) >= 11 is 4.81. The van der Waals surface area contributed by atoms with Gasteiger partial charge in [-0.1, -0.05) is 11.6 Å². The lowest BCUT2D eigenvalue weighted by atomic mass is 10.1.